The Morgan fingerprint density at radius 1 is 1.54 bits per heavy atom. The lowest BCUT2D eigenvalue weighted by Gasteiger charge is -2.10. The van der Waals surface area contributed by atoms with Gasteiger partial charge in [0.1, 0.15) is 5.75 Å². The molecule has 4 nitrogen and oxygen atoms in total. The fourth-order valence-corrected chi connectivity index (χ4v) is 1.62. The van der Waals surface area contributed by atoms with Gasteiger partial charge in [0.25, 0.3) is 0 Å². The number of phenolic OH excluding ortho intramolecular Hbond substituents is 1. The second-order valence-electron chi connectivity index (χ2n) is 2.44. The summed E-state index contributed by atoms with van der Waals surface area (Å²) in [6, 6.07) is 3.90. The zero-order valence-corrected chi connectivity index (χ0v) is 7.63. The topological polar surface area (TPSA) is 77.4 Å². The number of ketones is 1. The van der Waals surface area contributed by atoms with E-state index in [0.717, 1.165) is 0 Å². The van der Waals surface area contributed by atoms with Crippen LogP contribution < -0.4 is 0 Å². The molecule has 70 valence electrons. The number of benzene rings is 1. The van der Waals surface area contributed by atoms with Crippen molar-refractivity contribution in [1.82, 2.24) is 0 Å². The summed E-state index contributed by atoms with van der Waals surface area (Å²) in [6.07, 6.45) is 0. The first kappa shape index (κ1) is 9.88. The van der Waals surface area contributed by atoms with Crippen LogP contribution in [0.25, 0.3) is 0 Å². The normalized spacial score (nSPS) is 12.5. The van der Waals surface area contributed by atoms with Crippen molar-refractivity contribution in [3.63, 3.8) is 0 Å². The average Bonchev–Trinajstić information content (AvgIpc) is 2.02. The van der Waals surface area contributed by atoms with Crippen LogP contribution in [0.2, 0.25) is 0 Å². The number of hydrogen-bond donors (Lipinski definition) is 1. The van der Waals surface area contributed by atoms with Crippen molar-refractivity contribution in [3.8, 4) is 5.75 Å². The summed E-state index contributed by atoms with van der Waals surface area (Å²) in [5.74, 6) is -0.786. The Kier molecular flexibility index (Phi) is 2.79. The van der Waals surface area contributed by atoms with Gasteiger partial charge in [-0.25, -0.2) is 0 Å². The van der Waals surface area contributed by atoms with E-state index in [9.17, 15) is 18.7 Å². The van der Waals surface area contributed by atoms with Crippen LogP contribution in [0.3, 0.4) is 0 Å². The lowest BCUT2D eigenvalue weighted by atomic mass is 10.1. The van der Waals surface area contributed by atoms with Crippen molar-refractivity contribution in [2.24, 2.45) is 0 Å². The predicted octanol–water partition coefficient (Wildman–Crippen LogP) is 0.833. The summed E-state index contributed by atoms with van der Waals surface area (Å²) >= 11 is -2.50. The molecule has 1 rings (SSSR count). The number of phenols is 1. The molecule has 0 amide bonds. The molecule has 0 fully saturated rings. The van der Waals surface area contributed by atoms with Gasteiger partial charge in [0.05, 0.1) is 5.56 Å². The second-order valence-corrected chi connectivity index (χ2v) is 3.35. The monoisotopic (exact) mass is 199 g/mol. The first-order valence-electron chi connectivity index (χ1n) is 3.46. The van der Waals surface area contributed by atoms with Crippen LogP contribution in [0, 0.1) is 0 Å². The summed E-state index contributed by atoms with van der Waals surface area (Å²) in [5.41, 5.74) is -0.157. The maximum atomic E-state index is 11.0. The minimum Gasteiger partial charge on any atom is -0.768 e. The SMILES string of the molecule is CC(=O)c1c(O)cccc1S(=O)[O-]. The van der Waals surface area contributed by atoms with Crippen molar-refractivity contribution in [2.75, 3.05) is 0 Å². The Morgan fingerprint density at radius 2 is 2.15 bits per heavy atom. The van der Waals surface area contributed by atoms with E-state index in [1.54, 1.807) is 0 Å². The molecule has 1 aromatic carbocycles. The molecule has 5 heteroatoms. The molecule has 0 heterocycles. The van der Waals surface area contributed by atoms with Gasteiger partial charge >= 0.3 is 0 Å². The summed E-state index contributed by atoms with van der Waals surface area (Å²) in [7, 11) is 0. The molecule has 0 radical (unpaired) electrons. The van der Waals surface area contributed by atoms with E-state index >= 15 is 0 Å². The van der Waals surface area contributed by atoms with E-state index in [1.807, 2.05) is 0 Å². The van der Waals surface area contributed by atoms with E-state index in [1.165, 1.54) is 25.1 Å². The lowest BCUT2D eigenvalue weighted by molar-refractivity contribution is 0.101. The van der Waals surface area contributed by atoms with Crippen LogP contribution in [0.1, 0.15) is 17.3 Å². The Hall–Kier alpha value is -1.20. The molecule has 0 saturated heterocycles. The van der Waals surface area contributed by atoms with E-state index in [-0.39, 0.29) is 16.2 Å². The highest BCUT2D eigenvalue weighted by molar-refractivity contribution is 7.79. The third-order valence-corrected chi connectivity index (χ3v) is 2.24. The molecular weight excluding hydrogens is 192 g/mol. The van der Waals surface area contributed by atoms with Crippen molar-refractivity contribution in [3.05, 3.63) is 23.8 Å². The molecule has 0 bridgehead atoms. The molecule has 0 saturated carbocycles. The molecule has 1 N–H and O–H groups in total. The average molecular weight is 199 g/mol. The smallest absolute Gasteiger partial charge is 0.164 e. The standard InChI is InChI=1S/C8H8O4S/c1-5(9)8-6(10)3-2-4-7(8)13(11)12/h2-4,10H,1H3,(H,11,12)/p-1. The van der Waals surface area contributed by atoms with E-state index < -0.39 is 16.9 Å². The molecule has 1 aromatic rings. The quantitative estimate of drug-likeness (QED) is 0.565. The van der Waals surface area contributed by atoms with Gasteiger partial charge in [-0.15, -0.1) is 0 Å². The van der Waals surface area contributed by atoms with Crippen molar-refractivity contribution in [2.45, 2.75) is 11.8 Å². The highest BCUT2D eigenvalue weighted by Crippen LogP contribution is 2.23. The second kappa shape index (κ2) is 3.68. The largest absolute Gasteiger partial charge is 0.768 e. The molecule has 0 spiro atoms. The molecular formula is C8H7O4S-. The zero-order chi connectivity index (χ0) is 10.0. The van der Waals surface area contributed by atoms with E-state index in [4.69, 9.17) is 0 Å². The fourth-order valence-electron chi connectivity index (χ4n) is 1.01. The van der Waals surface area contributed by atoms with Crippen LogP contribution in [0.4, 0.5) is 0 Å². The first-order chi connectivity index (χ1) is 6.04. The van der Waals surface area contributed by atoms with Gasteiger partial charge in [0.2, 0.25) is 0 Å². The number of aromatic hydroxyl groups is 1. The van der Waals surface area contributed by atoms with Gasteiger partial charge in [-0.05, 0) is 30.1 Å². The summed E-state index contributed by atoms with van der Waals surface area (Å²) < 4.78 is 21.2. The summed E-state index contributed by atoms with van der Waals surface area (Å²) in [4.78, 5) is 10.8. The van der Waals surface area contributed by atoms with Crippen LogP contribution in [-0.2, 0) is 11.1 Å². The predicted molar refractivity (Wildman–Crippen MR) is 45.3 cm³/mol. The van der Waals surface area contributed by atoms with Gasteiger partial charge in [0.15, 0.2) is 5.78 Å². The van der Waals surface area contributed by atoms with Gasteiger partial charge in [-0.1, -0.05) is 6.07 Å². The molecule has 0 aliphatic carbocycles. The molecule has 0 aromatic heterocycles. The summed E-state index contributed by atoms with van der Waals surface area (Å²) in [6.45, 7) is 1.20. The first-order valence-corrected chi connectivity index (χ1v) is 4.53. The van der Waals surface area contributed by atoms with Crippen molar-refractivity contribution in [1.29, 1.82) is 0 Å². The fraction of sp³-hybridized carbons (Fsp3) is 0.125. The number of Topliss-reactive ketones (excluding diaryl/α,β-unsaturated/α-hetero) is 1. The zero-order valence-electron chi connectivity index (χ0n) is 6.81. The minimum atomic E-state index is -2.50. The number of rotatable bonds is 2. The molecule has 0 aliphatic heterocycles. The Balaban J connectivity index is 3.43. The lowest BCUT2D eigenvalue weighted by Crippen LogP contribution is -2.01. The van der Waals surface area contributed by atoms with Gasteiger partial charge in [0, 0.05) is 4.90 Å². The van der Waals surface area contributed by atoms with Gasteiger partial charge < -0.3 is 9.66 Å². The number of hydrogen-bond acceptors (Lipinski definition) is 4. The number of carbonyl (C=O) groups is 1. The molecule has 0 aliphatic rings. The third kappa shape index (κ3) is 1.93. The molecule has 13 heavy (non-hydrogen) atoms. The molecule has 1 unspecified atom stereocenters. The number of carbonyl (C=O) groups excluding carboxylic acids is 1. The van der Waals surface area contributed by atoms with E-state index in [2.05, 4.69) is 0 Å². The van der Waals surface area contributed by atoms with Crippen molar-refractivity contribution >= 4 is 16.9 Å². The van der Waals surface area contributed by atoms with Crippen LogP contribution in [0.15, 0.2) is 23.1 Å². The minimum absolute atomic E-state index is 0.157. The molecule has 1 atom stereocenters. The Labute approximate surface area is 77.5 Å². The van der Waals surface area contributed by atoms with Crippen molar-refractivity contribution < 1.29 is 18.7 Å². The van der Waals surface area contributed by atoms with E-state index in [0.29, 0.717) is 0 Å². The van der Waals surface area contributed by atoms with Crippen LogP contribution >= 0.6 is 0 Å². The highest BCUT2D eigenvalue weighted by atomic mass is 32.2. The maximum Gasteiger partial charge on any atom is 0.164 e. The summed E-state index contributed by atoms with van der Waals surface area (Å²) in [5, 5.41) is 9.22. The third-order valence-electron chi connectivity index (χ3n) is 1.54. The Bertz CT molecular complexity index is 372. The van der Waals surface area contributed by atoms with Gasteiger partial charge in [-0.2, -0.15) is 0 Å². The maximum absolute atomic E-state index is 11.0. The van der Waals surface area contributed by atoms with Crippen LogP contribution in [-0.4, -0.2) is 19.7 Å². The van der Waals surface area contributed by atoms with Crippen LogP contribution in [0.5, 0.6) is 5.75 Å². The Morgan fingerprint density at radius 3 is 2.54 bits per heavy atom. The van der Waals surface area contributed by atoms with Gasteiger partial charge in [-0.3, -0.25) is 9.00 Å². The highest BCUT2D eigenvalue weighted by Gasteiger charge is 2.12.